The van der Waals surface area contributed by atoms with E-state index in [1.165, 1.54) is 0 Å². The number of pyridine rings is 1. The molecule has 7 heteroatoms. The normalized spacial score (nSPS) is 20.8. The van der Waals surface area contributed by atoms with Gasteiger partial charge in [0.05, 0.1) is 16.9 Å². The summed E-state index contributed by atoms with van der Waals surface area (Å²) < 4.78 is 12.1. The van der Waals surface area contributed by atoms with E-state index in [1.807, 2.05) is 45.9 Å². The van der Waals surface area contributed by atoms with Crippen molar-refractivity contribution in [1.82, 2.24) is 15.2 Å². The number of nitrogens with zero attached hydrogens (tertiary/aromatic N) is 2. The molecule has 0 aromatic carbocycles. The molecule has 1 saturated heterocycles. The third kappa shape index (κ3) is 2.45. The molecule has 2 aromatic heterocycles. The summed E-state index contributed by atoms with van der Waals surface area (Å²) >= 11 is 0. The molecule has 0 unspecified atom stereocenters. The predicted octanol–water partition coefficient (Wildman–Crippen LogP) is 1.93. The molecule has 0 saturated carbocycles. The van der Waals surface area contributed by atoms with Crippen LogP contribution >= 0.6 is 0 Å². The van der Waals surface area contributed by atoms with Crippen LogP contribution in [0.5, 0.6) is 0 Å². The third-order valence-electron chi connectivity index (χ3n) is 4.48. The van der Waals surface area contributed by atoms with Gasteiger partial charge in [-0.1, -0.05) is 0 Å². The zero-order valence-corrected chi connectivity index (χ0v) is 13.4. The van der Waals surface area contributed by atoms with Gasteiger partial charge in [0.1, 0.15) is 0 Å². The largest absolute Gasteiger partial charge is 0.491 e. The molecule has 3 N–H and O–H groups in total. The van der Waals surface area contributed by atoms with Crippen LogP contribution in [-0.2, 0) is 9.31 Å². The van der Waals surface area contributed by atoms with Gasteiger partial charge in [0.15, 0.2) is 5.65 Å². The van der Waals surface area contributed by atoms with E-state index in [4.69, 9.17) is 15.0 Å². The number of nitrogens with two attached hydrogens (primary N) is 1. The van der Waals surface area contributed by atoms with E-state index in [0.29, 0.717) is 12.2 Å². The Kier molecular flexibility index (Phi) is 3.59. The number of fused-ring (bicyclic) bond motifs is 1. The van der Waals surface area contributed by atoms with E-state index in [0.717, 1.165) is 16.6 Å². The molecular weight excluding hydrogens is 279 g/mol. The zero-order valence-electron chi connectivity index (χ0n) is 13.4. The molecule has 3 rings (SSSR count). The van der Waals surface area contributed by atoms with E-state index >= 15 is 0 Å². The molecule has 1 fully saturated rings. The predicted molar refractivity (Wildman–Crippen MR) is 87.0 cm³/mol. The SMILES string of the molecule is CC1(C)OB(C(=Cc2[nH]nc3ncccc23)CN)OC1(C)C. The van der Waals surface area contributed by atoms with Crippen LogP contribution in [0.1, 0.15) is 33.4 Å². The molecule has 1 aliphatic rings. The topological polar surface area (TPSA) is 86.0 Å². The Hall–Kier alpha value is -1.70. The van der Waals surface area contributed by atoms with Crippen LogP contribution in [0.4, 0.5) is 0 Å². The van der Waals surface area contributed by atoms with Crippen molar-refractivity contribution in [2.24, 2.45) is 5.73 Å². The van der Waals surface area contributed by atoms with Gasteiger partial charge in [-0.25, -0.2) is 4.98 Å². The Morgan fingerprint density at radius 1 is 1.32 bits per heavy atom. The van der Waals surface area contributed by atoms with Crippen molar-refractivity contribution >= 4 is 24.2 Å². The van der Waals surface area contributed by atoms with Gasteiger partial charge in [0.2, 0.25) is 0 Å². The zero-order chi connectivity index (χ0) is 16.0. The number of aromatic nitrogens is 3. The summed E-state index contributed by atoms with van der Waals surface area (Å²) in [6.45, 7) is 8.44. The molecule has 0 radical (unpaired) electrons. The first-order valence-electron chi connectivity index (χ1n) is 7.39. The van der Waals surface area contributed by atoms with Gasteiger partial charge in [-0.05, 0) is 51.4 Å². The first-order chi connectivity index (χ1) is 10.3. The Bertz CT molecular complexity index is 707. The first kappa shape index (κ1) is 15.2. The second-order valence-electron chi connectivity index (χ2n) is 6.52. The van der Waals surface area contributed by atoms with Gasteiger partial charge in [0, 0.05) is 18.1 Å². The van der Waals surface area contributed by atoms with Crippen LogP contribution in [0.25, 0.3) is 17.1 Å². The molecule has 22 heavy (non-hydrogen) atoms. The quantitative estimate of drug-likeness (QED) is 0.846. The van der Waals surface area contributed by atoms with Crippen LogP contribution in [-0.4, -0.2) is 40.0 Å². The molecule has 3 heterocycles. The van der Waals surface area contributed by atoms with Crippen LogP contribution in [0.2, 0.25) is 0 Å². The summed E-state index contributed by atoms with van der Waals surface area (Å²) in [7, 11) is -0.454. The number of H-pyrrole nitrogens is 1. The van der Waals surface area contributed by atoms with E-state index in [-0.39, 0.29) is 11.2 Å². The van der Waals surface area contributed by atoms with Crippen molar-refractivity contribution in [2.45, 2.75) is 38.9 Å². The summed E-state index contributed by atoms with van der Waals surface area (Å²) in [5.74, 6) is 0. The summed E-state index contributed by atoms with van der Waals surface area (Å²) in [5.41, 5.74) is 7.55. The maximum atomic E-state index is 6.06. The van der Waals surface area contributed by atoms with Crippen LogP contribution in [0, 0.1) is 0 Å². The van der Waals surface area contributed by atoms with E-state index < -0.39 is 7.12 Å². The van der Waals surface area contributed by atoms with Gasteiger partial charge in [-0.2, -0.15) is 5.10 Å². The second-order valence-corrected chi connectivity index (χ2v) is 6.52. The highest BCUT2D eigenvalue weighted by Gasteiger charge is 2.52. The average Bonchev–Trinajstić information content (AvgIpc) is 2.95. The Labute approximate surface area is 130 Å². The molecule has 0 amide bonds. The number of rotatable bonds is 3. The molecular formula is C15H21BN4O2. The Morgan fingerprint density at radius 2 is 2.00 bits per heavy atom. The summed E-state index contributed by atoms with van der Waals surface area (Å²) in [6, 6.07) is 3.85. The van der Waals surface area contributed by atoms with Crippen LogP contribution in [0.15, 0.2) is 23.8 Å². The summed E-state index contributed by atoms with van der Waals surface area (Å²) in [5, 5.41) is 8.12. The van der Waals surface area contributed by atoms with Crippen LogP contribution in [0.3, 0.4) is 0 Å². The average molecular weight is 300 g/mol. The van der Waals surface area contributed by atoms with E-state index in [9.17, 15) is 0 Å². The highest BCUT2D eigenvalue weighted by molar-refractivity contribution is 6.56. The van der Waals surface area contributed by atoms with Crippen molar-refractivity contribution < 1.29 is 9.31 Å². The minimum atomic E-state index is -0.454. The van der Waals surface area contributed by atoms with Crippen molar-refractivity contribution in [2.75, 3.05) is 6.54 Å². The lowest BCUT2D eigenvalue weighted by atomic mass is 9.77. The molecule has 0 atom stereocenters. The molecule has 0 aliphatic carbocycles. The summed E-state index contributed by atoms with van der Waals surface area (Å²) in [4.78, 5) is 4.21. The number of nitrogens with one attached hydrogen (secondary N) is 1. The van der Waals surface area contributed by atoms with Crippen molar-refractivity contribution in [3.8, 4) is 0 Å². The first-order valence-corrected chi connectivity index (χ1v) is 7.39. The Morgan fingerprint density at radius 3 is 2.64 bits per heavy atom. The fourth-order valence-corrected chi connectivity index (χ4v) is 2.38. The molecule has 116 valence electrons. The Balaban J connectivity index is 1.95. The highest BCUT2D eigenvalue weighted by atomic mass is 16.7. The molecule has 6 nitrogen and oxygen atoms in total. The van der Waals surface area contributed by atoms with Crippen LogP contribution < -0.4 is 5.73 Å². The second kappa shape index (κ2) is 5.19. The van der Waals surface area contributed by atoms with E-state index in [1.54, 1.807) is 6.20 Å². The number of aromatic amines is 1. The maximum absolute atomic E-state index is 6.06. The molecule has 0 spiro atoms. The van der Waals surface area contributed by atoms with Crippen molar-refractivity contribution in [1.29, 1.82) is 0 Å². The van der Waals surface area contributed by atoms with Gasteiger partial charge >= 0.3 is 7.12 Å². The standard InChI is InChI=1S/C15H21BN4O2/c1-14(2)15(3,4)22-16(21-14)10(9-17)8-12-11-6-5-7-18-13(11)20-19-12/h5-8H,9,17H2,1-4H3,(H,18,19,20). The lowest BCUT2D eigenvalue weighted by Crippen LogP contribution is -2.41. The van der Waals surface area contributed by atoms with E-state index in [2.05, 4.69) is 15.2 Å². The number of hydrogen-bond donors (Lipinski definition) is 2. The highest BCUT2D eigenvalue weighted by Crippen LogP contribution is 2.38. The fourth-order valence-electron chi connectivity index (χ4n) is 2.38. The minimum absolute atomic E-state index is 0.345. The summed E-state index contributed by atoms with van der Waals surface area (Å²) in [6.07, 6.45) is 3.66. The van der Waals surface area contributed by atoms with Crippen molar-refractivity contribution in [3.05, 3.63) is 29.5 Å². The smallest absolute Gasteiger partial charge is 0.400 e. The van der Waals surface area contributed by atoms with Gasteiger partial charge in [0.25, 0.3) is 0 Å². The van der Waals surface area contributed by atoms with Gasteiger partial charge in [-0.3, -0.25) is 5.10 Å². The molecule has 0 bridgehead atoms. The third-order valence-corrected chi connectivity index (χ3v) is 4.48. The monoisotopic (exact) mass is 300 g/mol. The lowest BCUT2D eigenvalue weighted by molar-refractivity contribution is 0.00578. The fraction of sp³-hybridized carbons (Fsp3) is 0.467. The molecule has 2 aromatic rings. The van der Waals surface area contributed by atoms with Crippen molar-refractivity contribution in [3.63, 3.8) is 0 Å². The van der Waals surface area contributed by atoms with Gasteiger partial charge in [-0.15, -0.1) is 0 Å². The minimum Gasteiger partial charge on any atom is -0.400 e. The maximum Gasteiger partial charge on any atom is 0.491 e. The molecule has 1 aliphatic heterocycles. The lowest BCUT2D eigenvalue weighted by Gasteiger charge is -2.32. The number of hydrogen-bond acceptors (Lipinski definition) is 5. The van der Waals surface area contributed by atoms with Gasteiger partial charge < -0.3 is 15.0 Å².